The Morgan fingerprint density at radius 3 is 2.29 bits per heavy atom. The Labute approximate surface area is 174 Å². The van der Waals surface area contributed by atoms with Gasteiger partial charge >= 0.3 is 13.7 Å². The standard InChI is InChI=1S/C19H17F5NO5P/c1-11(19(26)28-12-8-5-9-12)25(24)31(27,29-13-6-3-2-4-7-13)30-15-10-14(20)16(21)18(23)17(15)22/h2-4,6-7,10-12H,5,8-9H2,1H3. The third-order valence-electron chi connectivity index (χ3n) is 4.48. The van der Waals surface area contributed by atoms with Gasteiger partial charge in [-0.3, -0.25) is 4.79 Å². The number of benzene rings is 2. The van der Waals surface area contributed by atoms with Gasteiger partial charge in [0, 0.05) is 6.07 Å². The molecule has 0 aliphatic heterocycles. The van der Waals surface area contributed by atoms with Crippen LogP contribution in [0, 0.1) is 23.3 Å². The first kappa shape index (κ1) is 23.0. The molecule has 31 heavy (non-hydrogen) atoms. The fraction of sp³-hybridized carbons (Fsp3) is 0.316. The number of rotatable bonds is 8. The Bertz CT molecular complexity index is 1000. The topological polar surface area (TPSA) is 65.1 Å². The molecule has 1 fully saturated rings. The highest BCUT2D eigenvalue weighted by Crippen LogP contribution is 2.54. The van der Waals surface area contributed by atoms with Gasteiger partial charge in [0.15, 0.2) is 17.4 Å². The van der Waals surface area contributed by atoms with Gasteiger partial charge < -0.3 is 13.8 Å². The van der Waals surface area contributed by atoms with E-state index in [2.05, 4.69) is 4.52 Å². The van der Waals surface area contributed by atoms with E-state index in [1.807, 2.05) is 0 Å². The lowest BCUT2D eigenvalue weighted by Gasteiger charge is -2.30. The highest BCUT2D eigenvalue weighted by Gasteiger charge is 2.46. The fourth-order valence-corrected chi connectivity index (χ4v) is 3.98. The number of nitrogens with zero attached hydrogens (tertiary/aromatic N) is 1. The van der Waals surface area contributed by atoms with Crippen molar-refractivity contribution in [2.24, 2.45) is 0 Å². The summed E-state index contributed by atoms with van der Waals surface area (Å²) in [5.74, 6) is -11.1. The van der Waals surface area contributed by atoms with Crippen LogP contribution in [0.1, 0.15) is 26.2 Å². The second-order valence-corrected chi connectivity index (χ2v) is 8.40. The van der Waals surface area contributed by atoms with E-state index in [4.69, 9.17) is 9.26 Å². The fourth-order valence-electron chi connectivity index (χ4n) is 2.50. The second kappa shape index (κ2) is 9.23. The second-order valence-electron chi connectivity index (χ2n) is 6.72. The Kier molecular flexibility index (Phi) is 6.86. The molecular formula is C19H17F5NO5P. The molecule has 0 aromatic heterocycles. The Balaban J connectivity index is 1.93. The Hall–Kier alpha value is -2.65. The molecule has 3 rings (SSSR count). The van der Waals surface area contributed by atoms with Crippen LogP contribution in [0.2, 0.25) is 0 Å². The van der Waals surface area contributed by atoms with Crippen molar-refractivity contribution in [3.05, 3.63) is 59.7 Å². The number of para-hydroxylation sites is 1. The number of hydrogen-bond acceptors (Lipinski definition) is 5. The van der Waals surface area contributed by atoms with Gasteiger partial charge in [-0.15, -0.1) is 4.48 Å². The number of halogens is 5. The molecule has 6 nitrogen and oxygen atoms in total. The van der Waals surface area contributed by atoms with Crippen molar-refractivity contribution in [3.63, 3.8) is 0 Å². The molecule has 2 aromatic rings. The van der Waals surface area contributed by atoms with Gasteiger partial charge in [-0.05, 0) is 43.2 Å². The van der Waals surface area contributed by atoms with Crippen LogP contribution >= 0.6 is 7.75 Å². The van der Waals surface area contributed by atoms with Gasteiger partial charge in [-0.2, -0.15) is 4.39 Å². The molecule has 1 saturated carbocycles. The molecule has 2 aromatic carbocycles. The molecule has 0 bridgehead atoms. The monoisotopic (exact) mass is 465 g/mol. The molecule has 1 aliphatic carbocycles. The number of carbonyl (C=O) groups excluding carboxylic acids is 1. The number of ether oxygens (including phenoxy) is 1. The van der Waals surface area contributed by atoms with Crippen LogP contribution in [-0.4, -0.2) is 23.0 Å². The predicted octanol–water partition coefficient (Wildman–Crippen LogP) is 5.48. The quantitative estimate of drug-likeness (QED) is 0.129. The highest BCUT2D eigenvalue weighted by molar-refractivity contribution is 7.52. The smallest absolute Gasteiger partial charge is 0.461 e. The first-order valence-electron chi connectivity index (χ1n) is 9.15. The van der Waals surface area contributed by atoms with E-state index in [1.165, 1.54) is 24.3 Å². The van der Waals surface area contributed by atoms with Crippen molar-refractivity contribution >= 4 is 13.7 Å². The summed E-state index contributed by atoms with van der Waals surface area (Å²) < 4.78 is 97.4. The van der Waals surface area contributed by atoms with E-state index >= 15 is 4.48 Å². The largest absolute Gasteiger partial charge is 0.544 e. The first-order chi connectivity index (χ1) is 14.6. The summed E-state index contributed by atoms with van der Waals surface area (Å²) in [5, 5.41) is 0. The molecule has 0 spiro atoms. The Morgan fingerprint density at radius 1 is 1.06 bits per heavy atom. The molecule has 12 heteroatoms. The summed E-state index contributed by atoms with van der Waals surface area (Å²) in [6.07, 6.45) is 1.57. The minimum Gasteiger partial charge on any atom is -0.461 e. The van der Waals surface area contributed by atoms with Crippen molar-refractivity contribution < 1.29 is 45.2 Å². The van der Waals surface area contributed by atoms with Crippen LogP contribution in [0.4, 0.5) is 22.0 Å². The van der Waals surface area contributed by atoms with Crippen molar-refractivity contribution in [2.75, 3.05) is 0 Å². The Morgan fingerprint density at radius 2 is 1.71 bits per heavy atom. The zero-order chi connectivity index (χ0) is 22.8. The van der Waals surface area contributed by atoms with Crippen molar-refractivity contribution in [2.45, 2.75) is 38.3 Å². The van der Waals surface area contributed by atoms with Crippen LogP contribution in [-0.2, 0) is 14.1 Å². The number of esters is 1. The summed E-state index contributed by atoms with van der Waals surface area (Å²) in [7, 11) is -5.31. The molecule has 2 atom stereocenters. The normalized spacial score (nSPS) is 16.9. The van der Waals surface area contributed by atoms with Crippen molar-refractivity contribution in [1.29, 1.82) is 0 Å². The average Bonchev–Trinajstić information content (AvgIpc) is 2.72. The van der Waals surface area contributed by atoms with Crippen LogP contribution in [0.5, 0.6) is 11.5 Å². The van der Waals surface area contributed by atoms with E-state index in [0.717, 1.165) is 13.3 Å². The molecule has 0 N–H and O–H groups in total. The van der Waals surface area contributed by atoms with Gasteiger partial charge in [0.1, 0.15) is 17.9 Å². The molecule has 0 saturated heterocycles. The predicted molar refractivity (Wildman–Crippen MR) is 97.7 cm³/mol. The minimum absolute atomic E-state index is 0.0416. The van der Waals surface area contributed by atoms with E-state index in [9.17, 15) is 26.9 Å². The third-order valence-corrected chi connectivity index (χ3v) is 6.16. The number of carbonyl (C=O) groups is 1. The van der Waals surface area contributed by atoms with E-state index in [1.54, 1.807) is 6.07 Å². The molecule has 2 unspecified atom stereocenters. The van der Waals surface area contributed by atoms with Crippen LogP contribution < -0.4 is 9.05 Å². The number of hydrogen-bond donors (Lipinski definition) is 0. The SMILES string of the molecule is CC(C(=O)OC1CCC1)N(F)P(=O)(Oc1ccccc1)Oc1cc(F)c(F)c(F)c1F. The summed E-state index contributed by atoms with van der Waals surface area (Å²) in [6.45, 7) is 0.980. The molecule has 1 aliphatic rings. The molecular weight excluding hydrogens is 448 g/mol. The van der Waals surface area contributed by atoms with E-state index in [0.29, 0.717) is 12.8 Å². The van der Waals surface area contributed by atoms with Gasteiger partial charge in [0.2, 0.25) is 11.6 Å². The average molecular weight is 465 g/mol. The summed E-state index contributed by atoms with van der Waals surface area (Å²) in [4.78, 5) is 11.5. The summed E-state index contributed by atoms with van der Waals surface area (Å²) in [6, 6.07) is 5.07. The van der Waals surface area contributed by atoms with Gasteiger partial charge in [0.05, 0.1) is 0 Å². The highest BCUT2D eigenvalue weighted by atomic mass is 31.2. The first-order valence-corrected chi connectivity index (χ1v) is 10.6. The zero-order valence-corrected chi connectivity index (χ0v) is 17.0. The minimum atomic E-state index is -5.31. The van der Waals surface area contributed by atoms with Gasteiger partial charge in [0.25, 0.3) is 0 Å². The summed E-state index contributed by atoms with van der Waals surface area (Å²) >= 11 is 0. The van der Waals surface area contributed by atoms with Gasteiger partial charge in [-0.1, -0.05) is 18.2 Å². The lowest BCUT2D eigenvalue weighted by Crippen LogP contribution is -2.38. The van der Waals surface area contributed by atoms with Crippen LogP contribution in [0.25, 0.3) is 0 Å². The maximum absolute atomic E-state index is 15.1. The lowest BCUT2D eigenvalue weighted by atomic mass is 9.96. The van der Waals surface area contributed by atoms with Crippen molar-refractivity contribution in [3.8, 4) is 11.5 Å². The van der Waals surface area contributed by atoms with Crippen LogP contribution in [0.15, 0.2) is 36.4 Å². The van der Waals surface area contributed by atoms with E-state index < -0.39 is 59.8 Å². The van der Waals surface area contributed by atoms with Crippen molar-refractivity contribution in [1.82, 2.24) is 4.89 Å². The summed E-state index contributed by atoms with van der Waals surface area (Å²) in [5.41, 5.74) is 0. The molecule has 168 valence electrons. The molecule has 0 radical (unpaired) electrons. The maximum atomic E-state index is 15.1. The van der Waals surface area contributed by atoms with Gasteiger partial charge in [-0.25, -0.2) is 17.7 Å². The maximum Gasteiger partial charge on any atom is 0.544 e. The zero-order valence-electron chi connectivity index (χ0n) is 16.1. The molecule has 0 heterocycles. The van der Waals surface area contributed by atoms with Crippen LogP contribution in [0.3, 0.4) is 0 Å². The third kappa shape index (κ3) is 4.99. The molecule has 0 amide bonds. The van der Waals surface area contributed by atoms with E-state index in [-0.39, 0.29) is 11.8 Å². The lowest BCUT2D eigenvalue weighted by molar-refractivity contribution is -0.161.